The zero-order valence-corrected chi connectivity index (χ0v) is 11.8. The van der Waals surface area contributed by atoms with Crippen molar-refractivity contribution in [2.24, 2.45) is 17.6 Å². The van der Waals surface area contributed by atoms with E-state index < -0.39 is 5.97 Å². The van der Waals surface area contributed by atoms with Gasteiger partial charge in [0.05, 0.1) is 0 Å². The van der Waals surface area contributed by atoms with Crippen LogP contribution >= 0.6 is 0 Å². The van der Waals surface area contributed by atoms with E-state index in [0.717, 1.165) is 25.7 Å². The monoisotopic (exact) mass is 270 g/mol. The molecule has 1 fully saturated rings. The molecule has 1 heterocycles. The van der Waals surface area contributed by atoms with Gasteiger partial charge < -0.3 is 15.7 Å². The largest absolute Gasteiger partial charge is 0.481 e. The third-order valence-corrected chi connectivity index (χ3v) is 3.94. The zero-order valence-electron chi connectivity index (χ0n) is 11.8. The lowest BCUT2D eigenvalue weighted by Gasteiger charge is -2.31. The second-order valence-electron chi connectivity index (χ2n) is 5.64. The van der Waals surface area contributed by atoms with Gasteiger partial charge in [0.15, 0.2) is 0 Å². The van der Waals surface area contributed by atoms with Gasteiger partial charge in [-0.3, -0.25) is 9.59 Å². The molecule has 0 aromatic rings. The van der Waals surface area contributed by atoms with E-state index in [1.807, 2.05) is 4.90 Å². The number of likely N-dealkylation sites (tertiary alicyclic amines) is 1. The lowest BCUT2D eigenvalue weighted by atomic mass is 9.93. The molecule has 3 N–H and O–H groups in total. The third kappa shape index (κ3) is 6.05. The Morgan fingerprint density at radius 1 is 1.32 bits per heavy atom. The number of rotatable bonds is 7. The highest BCUT2D eigenvalue weighted by molar-refractivity contribution is 5.76. The Bertz CT molecular complexity index is 299. The van der Waals surface area contributed by atoms with E-state index >= 15 is 0 Å². The fraction of sp³-hybridized carbons (Fsp3) is 0.857. The summed E-state index contributed by atoms with van der Waals surface area (Å²) in [5.41, 5.74) is 5.49. The van der Waals surface area contributed by atoms with Gasteiger partial charge in [-0.1, -0.05) is 6.92 Å². The fourth-order valence-corrected chi connectivity index (χ4v) is 2.59. The number of carboxylic acid groups (broad SMARTS) is 1. The van der Waals surface area contributed by atoms with Crippen molar-refractivity contribution in [3.63, 3.8) is 0 Å². The molecule has 110 valence electrons. The highest BCUT2D eigenvalue weighted by Gasteiger charge is 2.24. The minimum atomic E-state index is -0.736. The Morgan fingerprint density at radius 3 is 2.47 bits per heavy atom. The van der Waals surface area contributed by atoms with Crippen molar-refractivity contribution >= 4 is 11.9 Å². The summed E-state index contributed by atoms with van der Waals surface area (Å²) >= 11 is 0. The van der Waals surface area contributed by atoms with Gasteiger partial charge in [0.2, 0.25) is 5.91 Å². The number of carbonyl (C=O) groups excluding carboxylic acids is 1. The predicted octanol–water partition coefficient (Wildman–Crippen LogP) is 1.46. The van der Waals surface area contributed by atoms with E-state index in [0.29, 0.717) is 32.0 Å². The summed E-state index contributed by atoms with van der Waals surface area (Å²) < 4.78 is 0. The number of nitrogens with two attached hydrogens (primary N) is 1. The van der Waals surface area contributed by atoms with E-state index in [1.165, 1.54) is 0 Å². The SMILES string of the molecule is CC(CCN)CCC(=O)N1CCC(CC(=O)O)CC1. The second kappa shape index (κ2) is 8.15. The molecule has 0 radical (unpaired) electrons. The average Bonchev–Trinajstić information content (AvgIpc) is 2.36. The molecule has 1 amide bonds. The molecule has 1 rings (SSSR count). The summed E-state index contributed by atoms with van der Waals surface area (Å²) in [6, 6.07) is 0. The van der Waals surface area contributed by atoms with Gasteiger partial charge >= 0.3 is 5.97 Å². The Morgan fingerprint density at radius 2 is 1.95 bits per heavy atom. The van der Waals surface area contributed by atoms with Crippen LogP contribution in [0.15, 0.2) is 0 Å². The Hall–Kier alpha value is -1.10. The van der Waals surface area contributed by atoms with Crippen LogP contribution in [-0.4, -0.2) is 41.5 Å². The number of amides is 1. The fourth-order valence-electron chi connectivity index (χ4n) is 2.59. The van der Waals surface area contributed by atoms with Crippen molar-refractivity contribution in [3.8, 4) is 0 Å². The zero-order chi connectivity index (χ0) is 14.3. The smallest absolute Gasteiger partial charge is 0.303 e. The van der Waals surface area contributed by atoms with Crippen molar-refractivity contribution in [2.45, 2.75) is 45.4 Å². The van der Waals surface area contributed by atoms with E-state index in [9.17, 15) is 9.59 Å². The van der Waals surface area contributed by atoms with Gasteiger partial charge in [-0.05, 0) is 44.1 Å². The molecule has 5 nitrogen and oxygen atoms in total. The lowest BCUT2D eigenvalue weighted by molar-refractivity contribution is -0.138. The average molecular weight is 270 g/mol. The van der Waals surface area contributed by atoms with Crippen LogP contribution in [0, 0.1) is 11.8 Å². The maximum atomic E-state index is 12.0. The summed E-state index contributed by atoms with van der Waals surface area (Å²) in [4.78, 5) is 24.5. The molecule has 0 saturated carbocycles. The van der Waals surface area contributed by atoms with Gasteiger partial charge in [-0.25, -0.2) is 0 Å². The quantitative estimate of drug-likeness (QED) is 0.733. The molecule has 0 spiro atoms. The van der Waals surface area contributed by atoms with Crippen LogP contribution in [-0.2, 0) is 9.59 Å². The van der Waals surface area contributed by atoms with E-state index in [2.05, 4.69) is 6.92 Å². The van der Waals surface area contributed by atoms with Crippen molar-refractivity contribution < 1.29 is 14.7 Å². The van der Waals surface area contributed by atoms with Crippen molar-refractivity contribution in [3.05, 3.63) is 0 Å². The Kier molecular flexibility index (Phi) is 6.84. The van der Waals surface area contributed by atoms with Crippen LogP contribution in [0.25, 0.3) is 0 Å². The topological polar surface area (TPSA) is 83.6 Å². The van der Waals surface area contributed by atoms with E-state index in [-0.39, 0.29) is 18.2 Å². The van der Waals surface area contributed by atoms with Crippen LogP contribution in [0.1, 0.15) is 45.4 Å². The lowest BCUT2D eigenvalue weighted by Crippen LogP contribution is -2.38. The predicted molar refractivity (Wildman–Crippen MR) is 73.6 cm³/mol. The van der Waals surface area contributed by atoms with E-state index in [1.54, 1.807) is 0 Å². The van der Waals surface area contributed by atoms with Gasteiger partial charge in [-0.15, -0.1) is 0 Å². The minimum absolute atomic E-state index is 0.206. The molecule has 0 bridgehead atoms. The Balaban J connectivity index is 2.23. The van der Waals surface area contributed by atoms with Gasteiger partial charge in [-0.2, -0.15) is 0 Å². The van der Waals surface area contributed by atoms with Crippen molar-refractivity contribution in [1.82, 2.24) is 4.90 Å². The number of aliphatic carboxylic acids is 1. The summed E-state index contributed by atoms with van der Waals surface area (Å²) in [5, 5.41) is 8.75. The molecule has 1 aliphatic rings. The molecule has 1 aliphatic heterocycles. The van der Waals surface area contributed by atoms with Crippen LogP contribution < -0.4 is 5.73 Å². The van der Waals surface area contributed by atoms with Crippen molar-refractivity contribution in [2.75, 3.05) is 19.6 Å². The first-order chi connectivity index (χ1) is 9.02. The molecule has 0 aliphatic carbocycles. The van der Waals surface area contributed by atoms with Crippen LogP contribution in [0.4, 0.5) is 0 Å². The van der Waals surface area contributed by atoms with Crippen LogP contribution in [0.3, 0.4) is 0 Å². The number of carbonyl (C=O) groups is 2. The molecule has 1 saturated heterocycles. The third-order valence-electron chi connectivity index (χ3n) is 3.94. The standard InChI is InChI=1S/C14H26N2O3/c1-11(4-7-15)2-3-13(17)16-8-5-12(6-9-16)10-14(18)19/h11-12H,2-10,15H2,1H3,(H,18,19). The maximum Gasteiger partial charge on any atom is 0.303 e. The summed E-state index contributed by atoms with van der Waals surface area (Å²) in [6.07, 6.45) is 4.31. The molecule has 5 heteroatoms. The summed E-state index contributed by atoms with van der Waals surface area (Å²) in [6.45, 7) is 4.22. The number of carboxylic acids is 1. The minimum Gasteiger partial charge on any atom is -0.481 e. The van der Waals surface area contributed by atoms with E-state index in [4.69, 9.17) is 10.8 Å². The molecular formula is C14H26N2O3. The molecule has 0 aromatic heterocycles. The van der Waals surface area contributed by atoms with Crippen LogP contribution in [0.2, 0.25) is 0 Å². The number of hydrogen-bond acceptors (Lipinski definition) is 3. The molecular weight excluding hydrogens is 244 g/mol. The molecule has 19 heavy (non-hydrogen) atoms. The highest BCUT2D eigenvalue weighted by Crippen LogP contribution is 2.21. The first-order valence-corrected chi connectivity index (χ1v) is 7.22. The first kappa shape index (κ1) is 16.0. The highest BCUT2D eigenvalue weighted by atomic mass is 16.4. The van der Waals surface area contributed by atoms with Gasteiger partial charge in [0.25, 0.3) is 0 Å². The first-order valence-electron chi connectivity index (χ1n) is 7.22. The van der Waals surface area contributed by atoms with Gasteiger partial charge in [0, 0.05) is 25.9 Å². The number of hydrogen-bond donors (Lipinski definition) is 2. The number of piperidine rings is 1. The van der Waals surface area contributed by atoms with Crippen molar-refractivity contribution in [1.29, 1.82) is 0 Å². The maximum absolute atomic E-state index is 12.0. The molecule has 1 unspecified atom stereocenters. The molecule has 0 aromatic carbocycles. The molecule has 1 atom stereocenters. The summed E-state index contributed by atoms with van der Waals surface area (Å²) in [7, 11) is 0. The number of nitrogens with zero attached hydrogens (tertiary/aromatic N) is 1. The Labute approximate surface area is 115 Å². The van der Waals surface area contributed by atoms with Gasteiger partial charge in [0.1, 0.15) is 0 Å². The normalized spacial score (nSPS) is 18.3. The van der Waals surface area contributed by atoms with Crippen LogP contribution in [0.5, 0.6) is 0 Å². The summed E-state index contributed by atoms with van der Waals surface area (Å²) in [5.74, 6) is 0.203. The second-order valence-corrected chi connectivity index (χ2v) is 5.64.